The molecule has 7 aliphatic rings. The van der Waals surface area contributed by atoms with Gasteiger partial charge in [0.1, 0.15) is 68.5 Å². The van der Waals surface area contributed by atoms with Crippen LogP contribution in [0.5, 0.6) is 0 Å². The smallest absolute Gasteiger partial charge is 0.303 e. The molecule has 3 aromatic rings. The van der Waals surface area contributed by atoms with Crippen LogP contribution in [-0.4, -0.2) is 269 Å². The third-order valence-electron chi connectivity index (χ3n) is 17.8. The van der Waals surface area contributed by atoms with E-state index in [0.717, 1.165) is 69.2 Å². The molecule has 111 heavy (non-hydrogen) atoms. The van der Waals surface area contributed by atoms with Crippen molar-refractivity contribution in [1.82, 2.24) is 14.7 Å². The highest BCUT2D eigenvalue weighted by atomic mass is 35.6. The number of benzene rings is 3. The normalized spacial score (nSPS) is 29.5. The van der Waals surface area contributed by atoms with E-state index in [2.05, 4.69) is 0 Å². The Bertz CT molecular complexity index is 4160. The predicted octanol–water partition coefficient (Wildman–Crippen LogP) is 2.24. The zero-order chi connectivity index (χ0) is 81.1. The number of carbonyl (C=O) groups excluding carboxylic acids is 16. The lowest BCUT2D eigenvalue weighted by Gasteiger charge is -2.52. The molecule has 0 bridgehead atoms. The SMILES string of the molecule is CC(=O)OC[C@H]1O[C@@H](OC[C@H]2O[C@H](OC(=N)C(Cl)(Cl)Cl)[C@@H](O[C@@H]3O[C@H](COC(C)=O)[C@@H](OC(C)=O)[C@H](OC(C)=O)[C@H]3N3C(=O)c4ccccc4C3=O)[C@@H](OC(C)=O)[C@@H]2O[C@@H]2O[C@H](COC(C)=O)[C@@H](OC(C)=O)[C@H](OC(C)=O)[C@H]2N2C(=O)c3ccccc3C2=O)[C@H](N2C(=O)c3ccccc3C2=O)[C@@H](OC(C)=O)[C@@H]1OC(C)=O. The first-order valence-electron chi connectivity index (χ1n) is 33.7. The zero-order valence-electron chi connectivity index (χ0n) is 60.2. The van der Waals surface area contributed by atoms with Gasteiger partial charge in [0, 0.05) is 69.2 Å². The summed E-state index contributed by atoms with van der Waals surface area (Å²) in [7, 11) is 0. The number of fused-ring (bicyclic) bond motifs is 3. The molecule has 0 radical (unpaired) electrons. The van der Waals surface area contributed by atoms with Crippen molar-refractivity contribution in [2.75, 3.05) is 26.4 Å². The first-order valence-corrected chi connectivity index (χ1v) is 34.9. The van der Waals surface area contributed by atoms with Gasteiger partial charge in [-0.1, -0.05) is 71.2 Å². The molecule has 4 saturated heterocycles. The van der Waals surface area contributed by atoms with Crippen LogP contribution in [0.1, 0.15) is 131 Å². The maximum Gasteiger partial charge on any atom is 0.303 e. The highest BCUT2D eigenvalue weighted by molar-refractivity contribution is 6.76. The zero-order valence-corrected chi connectivity index (χ0v) is 62.4. The van der Waals surface area contributed by atoms with Crippen LogP contribution in [0.25, 0.3) is 0 Å². The summed E-state index contributed by atoms with van der Waals surface area (Å²) in [5, 5.41) is 9.10. The summed E-state index contributed by atoms with van der Waals surface area (Å²) < 4.78 is 107. The van der Waals surface area contributed by atoms with Gasteiger partial charge in [0.25, 0.3) is 39.2 Å². The summed E-state index contributed by atoms with van der Waals surface area (Å²) in [5.74, 6) is -19.4. The molecule has 596 valence electrons. The van der Waals surface area contributed by atoms with Crippen molar-refractivity contribution in [2.24, 2.45) is 0 Å². The number of alkyl halides is 3. The van der Waals surface area contributed by atoms with Crippen LogP contribution in [0.4, 0.5) is 0 Å². The van der Waals surface area contributed by atoms with Gasteiger partial charge in [-0.15, -0.1) is 0 Å². The molecule has 3 aromatic carbocycles. The summed E-state index contributed by atoms with van der Waals surface area (Å²) >= 11 is 19.0. The molecule has 6 amide bonds. The minimum atomic E-state index is -2.95. The van der Waals surface area contributed by atoms with Crippen molar-refractivity contribution >= 4 is 136 Å². The van der Waals surface area contributed by atoms with Crippen molar-refractivity contribution < 1.29 is 162 Å². The Morgan fingerprint density at radius 2 is 0.568 bits per heavy atom. The molecule has 0 aliphatic carbocycles. The number of nitrogens with zero attached hydrogens (tertiary/aromatic N) is 3. The molecule has 4 fully saturated rings. The number of nitrogens with one attached hydrogen (secondary N) is 1. The van der Waals surface area contributed by atoms with Gasteiger partial charge in [-0.05, 0) is 36.4 Å². The second-order valence-electron chi connectivity index (χ2n) is 25.6. The van der Waals surface area contributed by atoms with Crippen LogP contribution in [-0.2, 0) is 133 Å². The number of hydrogen-bond acceptors (Lipinski definition) is 35. The Morgan fingerprint density at radius 3 is 0.847 bits per heavy atom. The lowest BCUT2D eigenvalue weighted by atomic mass is 9.93. The lowest BCUT2D eigenvalue weighted by Crippen LogP contribution is -2.72. The van der Waals surface area contributed by atoms with E-state index >= 15 is 9.59 Å². The summed E-state index contributed by atoms with van der Waals surface area (Å²) in [6.45, 7) is 4.93. The van der Waals surface area contributed by atoms with E-state index in [1.54, 1.807) is 0 Å². The fourth-order valence-electron chi connectivity index (χ4n) is 13.7. The molecule has 7 heterocycles. The summed E-state index contributed by atoms with van der Waals surface area (Å²) in [6, 6.07) is 9.09. The van der Waals surface area contributed by atoms with Crippen molar-refractivity contribution in [3.8, 4) is 0 Å². The van der Waals surface area contributed by atoms with Gasteiger partial charge < -0.3 is 85.3 Å². The molecule has 7 aliphatic heterocycles. The van der Waals surface area contributed by atoms with Crippen molar-refractivity contribution in [3.05, 3.63) is 106 Å². The van der Waals surface area contributed by atoms with Crippen molar-refractivity contribution in [2.45, 2.75) is 196 Å². The standard InChI is InChI=1S/C70H71Cl3N4O34/c1-27(78)94-23-43-50(98-30(4)81)54(101-33(7)84)47(75-59(88)37-17-11-12-18-38(37)60(75)89)65(105-43)97-26-46-53(109-66-48(76-61(90)39-19-13-14-20-40(39)62(76)91)55(102-34(8)85)51(99-31(5)82)44(106-66)24-95-28(2)79)57(104-36(10)87)58(68(108-46)111-69(74)70(71,72)73)110-67-49(77-63(92)41-21-15-16-22-42(41)64(77)93)56(103-35(9)86)52(100-32(6)83)45(107-67)25-96-29(3)80/h11-22,43-58,65-68,74H,23-26H2,1-10H3/t43-,44-,45-,46-,47-,48-,49-,50-,51-,52-,53-,54-,55-,56-,57+,58+,65-,66+,67+,68-/m1/s1. The Kier molecular flexibility index (Phi) is 26.0. The van der Waals surface area contributed by atoms with Gasteiger partial charge in [-0.25, -0.2) is 0 Å². The molecule has 38 nitrogen and oxygen atoms in total. The minimum absolute atomic E-state index is 0.231. The second kappa shape index (κ2) is 34.6. The topological polar surface area (TPSA) is 473 Å². The Morgan fingerprint density at radius 1 is 0.324 bits per heavy atom. The quantitative estimate of drug-likeness (QED) is 0.0335. The fourth-order valence-corrected chi connectivity index (χ4v) is 13.8. The number of rotatable bonds is 24. The monoisotopic (exact) mass is 1620 g/mol. The Hall–Kier alpha value is -10.2. The fraction of sp³-hybridized carbons (Fsp3) is 0.500. The van der Waals surface area contributed by atoms with Crippen LogP contribution in [0.3, 0.4) is 0 Å². The number of amides is 6. The molecular weight excluding hydrogens is 1550 g/mol. The summed E-state index contributed by atoms with van der Waals surface area (Å²) in [4.78, 5) is 224. The average Bonchev–Trinajstić information content (AvgIpc) is 1.68. The molecule has 41 heteroatoms. The van der Waals surface area contributed by atoms with Gasteiger partial charge in [0.05, 0.1) is 40.0 Å². The third kappa shape index (κ3) is 18.3. The maximum atomic E-state index is 15.1. The predicted molar refractivity (Wildman–Crippen MR) is 360 cm³/mol. The number of halogens is 3. The van der Waals surface area contributed by atoms with Crippen LogP contribution in [0.2, 0.25) is 0 Å². The van der Waals surface area contributed by atoms with Crippen molar-refractivity contribution in [1.29, 1.82) is 5.41 Å². The molecule has 0 spiro atoms. The van der Waals surface area contributed by atoms with E-state index in [0.29, 0.717) is 14.7 Å². The van der Waals surface area contributed by atoms with E-state index in [-0.39, 0.29) is 33.4 Å². The summed E-state index contributed by atoms with van der Waals surface area (Å²) in [5.41, 5.74) is -1.58. The van der Waals surface area contributed by atoms with E-state index in [1.807, 2.05) is 0 Å². The average molecular weight is 1620 g/mol. The number of hydrogen-bond donors (Lipinski definition) is 1. The van der Waals surface area contributed by atoms with Crippen LogP contribution >= 0.6 is 34.8 Å². The number of ether oxygens (including phenoxy) is 18. The molecule has 10 rings (SSSR count). The minimum Gasteiger partial charge on any atom is -0.463 e. The van der Waals surface area contributed by atoms with Gasteiger partial charge in [0.2, 0.25) is 12.2 Å². The molecule has 20 atom stereocenters. The van der Waals surface area contributed by atoms with E-state index in [1.165, 1.54) is 72.8 Å². The van der Waals surface area contributed by atoms with Crippen LogP contribution in [0.15, 0.2) is 72.8 Å². The van der Waals surface area contributed by atoms with E-state index < -0.39 is 254 Å². The largest absolute Gasteiger partial charge is 0.463 e. The summed E-state index contributed by atoms with van der Waals surface area (Å²) in [6.07, 6.45) is -37.8. The van der Waals surface area contributed by atoms with E-state index in [4.69, 9.17) is 125 Å². The first kappa shape index (κ1) is 83.3. The van der Waals surface area contributed by atoms with Crippen LogP contribution in [0, 0.1) is 5.41 Å². The maximum absolute atomic E-state index is 15.1. The van der Waals surface area contributed by atoms with Gasteiger partial charge >= 0.3 is 59.7 Å². The molecular formula is C70H71Cl3N4O34. The van der Waals surface area contributed by atoms with Crippen LogP contribution < -0.4 is 0 Å². The van der Waals surface area contributed by atoms with Gasteiger partial charge in [-0.2, -0.15) is 0 Å². The second-order valence-corrected chi connectivity index (χ2v) is 27.9. The number of imide groups is 3. The van der Waals surface area contributed by atoms with Gasteiger partial charge in [-0.3, -0.25) is 96.8 Å². The third-order valence-corrected chi connectivity index (χ3v) is 18.3. The molecule has 0 aromatic heterocycles. The van der Waals surface area contributed by atoms with E-state index in [9.17, 15) is 67.1 Å². The Balaban J connectivity index is 1.23. The molecule has 0 saturated carbocycles. The lowest BCUT2D eigenvalue weighted by molar-refractivity contribution is -0.376. The molecule has 0 unspecified atom stereocenters. The number of carbonyl (C=O) groups is 16. The first-order chi connectivity index (χ1) is 52.4. The number of esters is 10. The van der Waals surface area contributed by atoms with Crippen molar-refractivity contribution in [3.63, 3.8) is 0 Å². The highest BCUT2D eigenvalue weighted by Gasteiger charge is 2.65. The highest BCUT2D eigenvalue weighted by Crippen LogP contribution is 2.44. The molecule has 1 N–H and O–H groups in total. The Labute approximate surface area is 643 Å². The van der Waals surface area contributed by atoms with Gasteiger partial charge in [0.15, 0.2) is 67.7 Å².